The molecule has 0 aliphatic carbocycles. The zero-order valence-electron chi connectivity index (χ0n) is 30.3. The maximum atomic E-state index is 2.42. The maximum Gasteiger partial charge on any atom is 0.0546 e. The second-order valence-corrected chi connectivity index (χ2v) is 14.1. The summed E-state index contributed by atoms with van der Waals surface area (Å²) >= 11 is 0. The second kappa shape index (κ2) is 14.0. The molecule has 0 heterocycles. The Morgan fingerprint density at radius 3 is 1.42 bits per heavy atom. The van der Waals surface area contributed by atoms with Crippen molar-refractivity contribution in [3.8, 4) is 44.5 Å². The summed E-state index contributed by atoms with van der Waals surface area (Å²) in [7, 11) is 0. The fourth-order valence-corrected chi connectivity index (χ4v) is 8.17. The van der Waals surface area contributed by atoms with E-state index >= 15 is 0 Å². The van der Waals surface area contributed by atoms with Crippen molar-refractivity contribution in [3.05, 3.63) is 224 Å². The molecule has 0 amide bonds. The number of benzene rings is 10. The first-order valence-corrected chi connectivity index (χ1v) is 18.9. The van der Waals surface area contributed by atoms with Crippen LogP contribution in [0.2, 0.25) is 0 Å². The summed E-state index contributed by atoms with van der Waals surface area (Å²) in [6.45, 7) is 0. The Hall–Kier alpha value is -7.22. The summed E-state index contributed by atoms with van der Waals surface area (Å²) in [5.41, 5.74) is 13.0. The minimum Gasteiger partial charge on any atom is -0.310 e. The molecule has 1 heteroatoms. The first-order valence-electron chi connectivity index (χ1n) is 18.9. The van der Waals surface area contributed by atoms with Gasteiger partial charge < -0.3 is 4.90 Å². The van der Waals surface area contributed by atoms with Gasteiger partial charge in [0.1, 0.15) is 0 Å². The van der Waals surface area contributed by atoms with Crippen LogP contribution in [0.5, 0.6) is 0 Å². The normalized spacial score (nSPS) is 11.3. The van der Waals surface area contributed by atoms with Gasteiger partial charge >= 0.3 is 0 Å². The first kappa shape index (κ1) is 32.4. The predicted octanol–water partition coefficient (Wildman–Crippen LogP) is 15.3. The van der Waals surface area contributed by atoms with E-state index in [2.05, 4.69) is 229 Å². The monoisotopic (exact) mass is 699 g/mol. The lowest BCUT2D eigenvalue weighted by Crippen LogP contribution is -2.10. The molecule has 0 saturated carbocycles. The summed E-state index contributed by atoms with van der Waals surface area (Å²) in [6.07, 6.45) is 0. The van der Waals surface area contributed by atoms with Crippen molar-refractivity contribution in [2.75, 3.05) is 4.90 Å². The average Bonchev–Trinajstić information content (AvgIpc) is 3.27. The highest BCUT2D eigenvalue weighted by atomic mass is 15.1. The van der Waals surface area contributed by atoms with Crippen LogP contribution in [0.25, 0.3) is 76.8 Å². The molecule has 10 aromatic rings. The van der Waals surface area contributed by atoms with E-state index in [1.165, 1.54) is 76.8 Å². The van der Waals surface area contributed by atoms with Gasteiger partial charge in [0.05, 0.1) is 5.69 Å². The zero-order chi connectivity index (χ0) is 36.6. The van der Waals surface area contributed by atoms with Crippen molar-refractivity contribution in [3.63, 3.8) is 0 Å². The number of hydrogen-bond donors (Lipinski definition) is 0. The Bertz CT molecular complexity index is 2940. The minimum absolute atomic E-state index is 1.10. The van der Waals surface area contributed by atoms with Crippen LogP contribution in [0.1, 0.15) is 0 Å². The average molecular weight is 700 g/mol. The Balaban J connectivity index is 1.12. The Labute approximate surface area is 322 Å². The van der Waals surface area contributed by atoms with Crippen molar-refractivity contribution in [2.45, 2.75) is 0 Å². The van der Waals surface area contributed by atoms with Crippen LogP contribution in [-0.4, -0.2) is 0 Å². The molecule has 0 aliphatic heterocycles. The van der Waals surface area contributed by atoms with E-state index in [0.29, 0.717) is 0 Å². The quantitative estimate of drug-likeness (QED) is 0.150. The lowest BCUT2D eigenvalue weighted by molar-refractivity contribution is 1.30. The van der Waals surface area contributed by atoms with Crippen LogP contribution in [0.4, 0.5) is 17.1 Å². The molecule has 0 fully saturated rings. The topological polar surface area (TPSA) is 3.24 Å². The predicted molar refractivity (Wildman–Crippen MR) is 235 cm³/mol. The molecule has 1 nitrogen and oxygen atoms in total. The van der Waals surface area contributed by atoms with Crippen molar-refractivity contribution in [1.29, 1.82) is 0 Å². The number of fused-ring (bicyclic) bond motifs is 4. The minimum atomic E-state index is 1.10. The third kappa shape index (κ3) is 6.02. The molecule has 0 saturated heterocycles. The third-order valence-corrected chi connectivity index (χ3v) is 10.9. The van der Waals surface area contributed by atoms with Gasteiger partial charge in [-0.15, -0.1) is 0 Å². The highest BCUT2D eigenvalue weighted by molar-refractivity contribution is 6.14. The molecule has 0 atom stereocenters. The van der Waals surface area contributed by atoms with Crippen molar-refractivity contribution >= 4 is 49.4 Å². The summed E-state index contributed by atoms with van der Waals surface area (Å²) in [6, 6.07) is 81.4. The Kier molecular flexibility index (Phi) is 8.24. The first-order chi connectivity index (χ1) is 27.3. The van der Waals surface area contributed by atoms with Crippen LogP contribution in [-0.2, 0) is 0 Å². The van der Waals surface area contributed by atoms with Gasteiger partial charge in [0.2, 0.25) is 0 Å². The number of nitrogens with zero attached hydrogens (tertiary/aromatic N) is 1. The lowest BCUT2D eigenvalue weighted by atomic mass is 9.91. The Morgan fingerprint density at radius 1 is 0.236 bits per heavy atom. The fraction of sp³-hybridized carbons (Fsp3) is 0. The molecule has 258 valence electrons. The van der Waals surface area contributed by atoms with Gasteiger partial charge in [-0.1, -0.05) is 188 Å². The smallest absolute Gasteiger partial charge is 0.0546 e. The molecular weight excluding hydrogens is 663 g/mol. The van der Waals surface area contributed by atoms with Gasteiger partial charge in [-0.05, 0) is 108 Å². The number of hydrogen-bond acceptors (Lipinski definition) is 1. The van der Waals surface area contributed by atoms with E-state index in [4.69, 9.17) is 0 Å². The molecule has 10 aromatic carbocycles. The summed E-state index contributed by atoms with van der Waals surface area (Å²) in [4.78, 5) is 2.42. The van der Waals surface area contributed by atoms with E-state index in [1.54, 1.807) is 0 Å². The molecule has 0 N–H and O–H groups in total. The molecular formula is C54H37N. The van der Waals surface area contributed by atoms with Crippen LogP contribution in [0, 0.1) is 0 Å². The highest BCUT2D eigenvalue weighted by Crippen LogP contribution is 2.44. The molecule has 0 aliphatic rings. The summed E-state index contributed by atoms with van der Waals surface area (Å²) in [5, 5.41) is 7.45. The Morgan fingerprint density at radius 2 is 0.727 bits per heavy atom. The largest absolute Gasteiger partial charge is 0.310 e. The standard InChI is InChI=1S/C54H37N/c1-3-14-38(15-4-1)43-30-35-50(53(36-43)40-16-5-2-6-17-40)42-28-33-46(34-29-42)55(54-37-44-19-8-10-22-49(44)51-23-11-12-24-52(51)54)45-31-26-41(27-32-45)48-25-13-20-39-18-7-9-21-47(39)48/h1-37H. The van der Waals surface area contributed by atoms with Gasteiger partial charge in [-0.25, -0.2) is 0 Å². The van der Waals surface area contributed by atoms with E-state index in [-0.39, 0.29) is 0 Å². The van der Waals surface area contributed by atoms with E-state index in [0.717, 1.165) is 17.1 Å². The van der Waals surface area contributed by atoms with Gasteiger partial charge in [0, 0.05) is 16.8 Å². The fourth-order valence-electron chi connectivity index (χ4n) is 8.17. The van der Waals surface area contributed by atoms with Crippen LogP contribution >= 0.6 is 0 Å². The SMILES string of the molecule is c1ccc(-c2ccc(-c3ccc(N(c4ccc(-c5cccc6ccccc56)cc4)c4cc5ccccc5c5ccccc45)cc3)c(-c3ccccc3)c2)cc1. The van der Waals surface area contributed by atoms with Crippen molar-refractivity contribution in [2.24, 2.45) is 0 Å². The molecule has 0 unspecified atom stereocenters. The van der Waals surface area contributed by atoms with Gasteiger partial charge in [0.15, 0.2) is 0 Å². The van der Waals surface area contributed by atoms with E-state index < -0.39 is 0 Å². The van der Waals surface area contributed by atoms with Crippen LogP contribution < -0.4 is 4.90 Å². The van der Waals surface area contributed by atoms with Crippen molar-refractivity contribution in [1.82, 2.24) is 0 Å². The number of rotatable bonds is 7. The number of anilines is 3. The second-order valence-electron chi connectivity index (χ2n) is 14.1. The van der Waals surface area contributed by atoms with Crippen molar-refractivity contribution < 1.29 is 0 Å². The lowest BCUT2D eigenvalue weighted by Gasteiger charge is -2.28. The van der Waals surface area contributed by atoms with E-state index in [1.807, 2.05) is 0 Å². The zero-order valence-corrected chi connectivity index (χ0v) is 30.3. The molecule has 0 bridgehead atoms. The van der Waals surface area contributed by atoms with Crippen LogP contribution in [0.15, 0.2) is 224 Å². The van der Waals surface area contributed by atoms with Crippen LogP contribution in [0.3, 0.4) is 0 Å². The van der Waals surface area contributed by atoms with Gasteiger partial charge in [-0.2, -0.15) is 0 Å². The molecule has 0 aromatic heterocycles. The molecule has 10 rings (SSSR count). The van der Waals surface area contributed by atoms with Gasteiger partial charge in [-0.3, -0.25) is 0 Å². The third-order valence-electron chi connectivity index (χ3n) is 10.9. The summed E-state index contributed by atoms with van der Waals surface area (Å²) in [5.74, 6) is 0. The highest BCUT2D eigenvalue weighted by Gasteiger charge is 2.19. The molecule has 0 spiro atoms. The summed E-state index contributed by atoms with van der Waals surface area (Å²) < 4.78 is 0. The van der Waals surface area contributed by atoms with E-state index in [9.17, 15) is 0 Å². The van der Waals surface area contributed by atoms with Gasteiger partial charge in [0.25, 0.3) is 0 Å². The molecule has 0 radical (unpaired) electrons. The molecule has 55 heavy (non-hydrogen) atoms. The maximum absolute atomic E-state index is 2.42.